The number of halogens is 1. The van der Waals surface area contributed by atoms with Crippen LogP contribution < -0.4 is 5.32 Å². The summed E-state index contributed by atoms with van der Waals surface area (Å²) < 4.78 is 15.7. The molecular weight excluding hydrogens is 255 g/mol. The number of rotatable bonds is 2. The lowest BCUT2D eigenvalue weighted by atomic mass is 10.2. The zero-order chi connectivity index (χ0) is 14.1. The van der Waals surface area contributed by atoms with Gasteiger partial charge in [0.2, 0.25) is 0 Å². The highest BCUT2D eigenvalue weighted by molar-refractivity contribution is 5.70. The summed E-state index contributed by atoms with van der Waals surface area (Å²) in [6.45, 7) is 0. The number of nitriles is 1. The quantitative estimate of drug-likeness (QED) is 0.775. The third kappa shape index (κ3) is 1.79. The van der Waals surface area contributed by atoms with Gasteiger partial charge in [-0.3, -0.25) is 4.40 Å². The Morgan fingerprint density at radius 3 is 2.75 bits per heavy atom. The molecule has 0 aliphatic rings. The van der Waals surface area contributed by atoms with Crippen LogP contribution in [0.4, 0.5) is 10.1 Å². The van der Waals surface area contributed by atoms with Gasteiger partial charge in [0, 0.05) is 13.2 Å². The summed E-state index contributed by atoms with van der Waals surface area (Å²) in [6.07, 6.45) is 1.80. The van der Waals surface area contributed by atoms with Crippen molar-refractivity contribution in [2.24, 2.45) is 0 Å². The predicted molar refractivity (Wildman–Crippen MR) is 74.8 cm³/mol. The molecule has 0 atom stereocenters. The summed E-state index contributed by atoms with van der Waals surface area (Å²) in [6, 6.07) is 12.1. The van der Waals surface area contributed by atoms with E-state index in [0.717, 1.165) is 5.69 Å². The minimum absolute atomic E-state index is 0.283. The fourth-order valence-electron chi connectivity index (χ4n) is 2.15. The topological polar surface area (TPSA) is 53.1 Å². The SMILES string of the molecule is CNc1ccc2c(C#N)nc(-c3ccccc3F)n2c1. The Hall–Kier alpha value is -2.87. The lowest BCUT2D eigenvalue weighted by Gasteiger charge is -2.05. The molecule has 3 aromatic rings. The molecule has 4 nitrogen and oxygen atoms in total. The Labute approximate surface area is 115 Å². The number of hydrogen-bond donors (Lipinski definition) is 1. The summed E-state index contributed by atoms with van der Waals surface area (Å²) >= 11 is 0. The fraction of sp³-hybridized carbons (Fsp3) is 0.0667. The van der Waals surface area contributed by atoms with Crippen LogP contribution in [-0.2, 0) is 0 Å². The molecule has 1 aromatic carbocycles. The van der Waals surface area contributed by atoms with Crippen molar-refractivity contribution in [3.8, 4) is 17.5 Å². The Morgan fingerprint density at radius 2 is 2.05 bits per heavy atom. The molecule has 20 heavy (non-hydrogen) atoms. The van der Waals surface area contributed by atoms with Crippen molar-refractivity contribution in [2.75, 3.05) is 12.4 Å². The number of nitrogens with zero attached hydrogens (tertiary/aromatic N) is 3. The first-order valence-corrected chi connectivity index (χ1v) is 6.09. The molecule has 98 valence electrons. The molecule has 0 saturated carbocycles. The lowest BCUT2D eigenvalue weighted by molar-refractivity contribution is 0.630. The van der Waals surface area contributed by atoms with E-state index in [4.69, 9.17) is 5.26 Å². The van der Waals surface area contributed by atoms with Gasteiger partial charge in [0.25, 0.3) is 0 Å². The monoisotopic (exact) mass is 266 g/mol. The minimum Gasteiger partial charge on any atom is -0.387 e. The molecule has 0 bridgehead atoms. The van der Waals surface area contributed by atoms with Crippen LogP contribution in [-0.4, -0.2) is 16.4 Å². The summed E-state index contributed by atoms with van der Waals surface area (Å²) in [4.78, 5) is 4.25. The number of anilines is 1. The summed E-state index contributed by atoms with van der Waals surface area (Å²) in [7, 11) is 1.80. The van der Waals surface area contributed by atoms with Gasteiger partial charge in [-0.2, -0.15) is 5.26 Å². The second-order valence-electron chi connectivity index (χ2n) is 4.30. The molecule has 1 N–H and O–H groups in total. The van der Waals surface area contributed by atoms with Crippen molar-refractivity contribution in [1.82, 2.24) is 9.38 Å². The van der Waals surface area contributed by atoms with Crippen LogP contribution in [0.1, 0.15) is 5.69 Å². The highest BCUT2D eigenvalue weighted by atomic mass is 19.1. The second-order valence-corrected chi connectivity index (χ2v) is 4.30. The third-order valence-electron chi connectivity index (χ3n) is 3.15. The first-order chi connectivity index (χ1) is 9.74. The van der Waals surface area contributed by atoms with E-state index < -0.39 is 0 Å². The number of benzene rings is 1. The van der Waals surface area contributed by atoms with E-state index in [1.54, 1.807) is 41.9 Å². The molecule has 0 amide bonds. The van der Waals surface area contributed by atoms with Crippen molar-refractivity contribution < 1.29 is 4.39 Å². The average molecular weight is 266 g/mol. The van der Waals surface area contributed by atoms with Crippen LogP contribution in [0.5, 0.6) is 0 Å². The van der Waals surface area contributed by atoms with E-state index in [9.17, 15) is 4.39 Å². The molecule has 0 aliphatic heterocycles. The number of hydrogen-bond acceptors (Lipinski definition) is 3. The molecule has 2 aromatic heterocycles. The van der Waals surface area contributed by atoms with E-state index in [0.29, 0.717) is 16.9 Å². The van der Waals surface area contributed by atoms with Gasteiger partial charge in [-0.25, -0.2) is 9.37 Å². The number of nitrogens with one attached hydrogen (secondary N) is 1. The largest absolute Gasteiger partial charge is 0.387 e. The molecule has 0 saturated heterocycles. The first-order valence-electron chi connectivity index (χ1n) is 6.09. The molecule has 2 heterocycles. The van der Waals surface area contributed by atoms with Crippen LogP contribution in [0.2, 0.25) is 0 Å². The smallest absolute Gasteiger partial charge is 0.166 e. The molecule has 0 radical (unpaired) electrons. The summed E-state index contributed by atoms with van der Waals surface area (Å²) in [5.74, 6) is 0.0606. The van der Waals surface area contributed by atoms with Gasteiger partial charge < -0.3 is 5.32 Å². The van der Waals surface area contributed by atoms with Gasteiger partial charge >= 0.3 is 0 Å². The minimum atomic E-state index is -0.362. The highest BCUT2D eigenvalue weighted by Gasteiger charge is 2.15. The maximum atomic E-state index is 13.9. The number of fused-ring (bicyclic) bond motifs is 1. The Morgan fingerprint density at radius 1 is 1.25 bits per heavy atom. The molecule has 5 heteroatoms. The van der Waals surface area contributed by atoms with Gasteiger partial charge in [0.15, 0.2) is 5.69 Å². The molecule has 0 fully saturated rings. The van der Waals surface area contributed by atoms with E-state index in [-0.39, 0.29) is 11.5 Å². The van der Waals surface area contributed by atoms with Crippen LogP contribution in [0.25, 0.3) is 16.9 Å². The van der Waals surface area contributed by atoms with Crippen LogP contribution in [0.15, 0.2) is 42.6 Å². The maximum absolute atomic E-state index is 13.9. The second kappa shape index (κ2) is 4.67. The van der Waals surface area contributed by atoms with Crippen molar-refractivity contribution in [3.63, 3.8) is 0 Å². The number of pyridine rings is 1. The van der Waals surface area contributed by atoms with Crippen LogP contribution >= 0.6 is 0 Å². The molecule has 0 unspecified atom stereocenters. The molecule has 0 spiro atoms. The number of imidazole rings is 1. The highest BCUT2D eigenvalue weighted by Crippen LogP contribution is 2.26. The zero-order valence-corrected chi connectivity index (χ0v) is 10.8. The maximum Gasteiger partial charge on any atom is 0.166 e. The number of aromatic nitrogens is 2. The fourth-order valence-corrected chi connectivity index (χ4v) is 2.15. The summed E-state index contributed by atoms with van der Waals surface area (Å²) in [5.41, 5.74) is 2.17. The standard InChI is InChI=1S/C15H11FN4/c1-18-10-6-7-14-13(8-17)19-15(20(14)9-10)11-4-2-3-5-12(11)16/h2-7,9,18H,1H3. The van der Waals surface area contributed by atoms with Gasteiger partial charge in [-0.15, -0.1) is 0 Å². The van der Waals surface area contributed by atoms with Crippen LogP contribution in [0.3, 0.4) is 0 Å². The predicted octanol–water partition coefficient (Wildman–Crippen LogP) is 3.05. The third-order valence-corrected chi connectivity index (χ3v) is 3.15. The van der Waals surface area contributed by atoms with E-state index in [2.05, 4.69) is 10.3 Å². The first kappa shape index (κ1) is 12.2. The van der Waals surface area contributed by atoms with Gasteiger partial charge in [-0.1, -0.05) is 12.1 Å². The molecule has 3 rings (SSSR count). The van der Waals surface area contributed by atoms with Crippen molar-refractivity contribution >= 4 is 11.2 Å². The van der Waals surface area contributed by atoms with Gasteiger partial charge in [0.05, 0.1) is 16.8 Å². The van der Waals surface area contributed by atoms with E-state index in [1.165, 1.54) is 6.07 Å². The Bertz CT molecular complexity index is 829. The zero-order valence-electron chi connectivity index (χ0n) is 10.8. The van der Waals surface area contributed by atoms with Crippen molar-refractivity contribution in [3.05, 3.63) is 54.1 Å². The van der Waals surface area contributed by atoms with Gasteiger partial charge in [-0.05, 0) is 24.3 Å². The lowest BCUT2D eigenvalue weighted by Crippen LogP contribution is -1.95. The van der Waals surface area contributed by atoms with E-state index in [1.807, 2.05) is 12.1 Å². The van der Waals surface area contributed by atoms with Crippen LogP contribution in [0, 0.1) is 17.1 Å². The Kier molecular flexibility index (Phi) is 2.84. The normalized spacial score (nSPS) is 10.4. The molecule has 0 aliphatic carbocycles. The average Bonchev–Trinajstić information content (AvgIpc) is 2.85. The molecular formula is C15H11FN4. The van der Waals surface area contributed by atoms with Crippen molar-refractivity contribution in [1.29, 1.82) is 5.26 Å². The Balaban J connectivity index is 2.36. The van der Waals surface area contributed by atoms with Crippen molar-refractivity contribution in [2.45, 2.75) is 0 Å². The van der Waals surface area contributed by atoms with Gasteiger partial charge in [0.1, 0.15) is 17.7 Å². The van der Waals surface area contributed by atoms with E-state index >= 15 is 0 Å². The summed E-state index contributed by atoms with van der Waals surface area (Å²) in [5, 5.41) is 12.2.